The molecule has 0 saturated heterocycles. The normalized spacial score (nSPS) is 11.9. The Morgan fingerprint density at radius 2 is 1.50 bits per heavy atom. The van der Waals surface area contributed by atoms with Crippen molar-refractivity contribution in [2.24, 2.45) is 4.99 Å². The van der Waals surface area contributed by atoms with E-state index >= 15 is 0 Å². The standard InChI is InChI=1S/C21H14Cl3NS/c22-16-8-6-15(7-9-16)20(25-18-4-2-1-3-5-18)12-13-26-21-11-10-17(23)14-19(21)24/h1-14H/b13-12+,25-20?. The van der Waals surface area contributed by atoms with Crippen LogP contribution in [-0.4, -0.2) is 5.71 Å². The van der Waals surface area contributed by atoms with E-state index in [-0.39, 0.29) is 0 Å². The quantitative estimate of drug-likeness (QED) is 0.301. The van der Waals surface area contributed by atoms with Crippen molar-refractivity contribution in [3.8, 4) is 0 Å². The first-order valence-corrected chi connectivity index (χ1v) is 9.81. The Kier molecular flexibility index (Phi) is 6.81. The zero-order valence-corrected chi connectivity index (χ0v) is 16.7. The van der Waals surface area contributed by atoms with Crippen LogP contribution in [0, 0.1) is 0 Å². The number of allylic oxidation sites excluding steroid dienone is 1. The molecule has 0 spiro atoms. The van der Waals surface area contributed by atoms with E-state index in [0.717, 1.165) is 21.9 Å². The molecule has 0 unspecified atom stereocenters. The van der Waals surface area contributed by atoms with E-state index in [2.05, 4.69) is 0 Å². The minimum absolute atomic E-state index is 0.621. The number of para-hydroxylation sites is 1. The monoisotopic (exact) mass is 417 g/mol. The summed E-state index contributed by atoms with van der Waals surface area (Å²) in [5.74, 6) is 0. The second kappa shape index (κ2) is 9.29. The van der Waals surface area contributed by atoms with Crippen molar-refractivity contribution in [1.29, 1.82) is 0 Å². The van der Waals surface area contributed by atoms with E-state index in [9.17, 15) is 0 Å². The highest BCUT2D eigenvalue weighted by molar-refractivity contribution is 8.02. The number of benzene rings is 3. The van der Waals surface area contributed by atoms with Crippen LogP contribution in [0.15, 0.2) is 94.2 Å². The molecule has 3 rings (SSSR count). The third-order valence-corrected chi connectivity index (χ3v) is 5.25. The van der Waals surface area contributed by atoms with Crippen LogP contribution in [0.4, 0.5) is 5.69 Å². The Morgan fingerprint density at radius 1 is 0.808 bits per heavy atom. The summed E-state index contributed by atoms with van der Waals surface area (Å²) in [6, 6.07) is 22.9. The average molecular weight is 419 g/mol. The van der Waals surface area contributed by atoms with Crippen LogP contribution >= 0.6 is 46.6 Å². The van der Waals surface area contributed by atoms with Gasteiger partial charge in [0, 0.05) is 20.5 Å². The van der Waals surface area contributed by atoms with Gasteiger partial charge in [0.25, 0.3) is 0 Å². The summed E-state index contributed by atoms with van der Waals surface area (Å²) in [6.45, 7) is 0. The largest absolute Gasteiger partial charge is 0.248 e. The van der Waals surface area contributed by atoms with Gasteiger partial charge in [-0.1, -0.05) is 76.9 Å². The summed E-state index contributed by atoms with van der Waals surface area (Å²) >= 11 is 19.7. The molecule has 0 radical (unpaired) electrons. The van der Waals surface area contributed by atoms with Crippen LogP contribution in [0.25, 0.3) is 0 Å². The highest BCUT2D eigenvalue weighted by Crippen LogP contribution is 2.30. The molecule has 0 atom stereocenters. The number of nitrogens with zero attached hydrogens (tertiary/aromatic N) is 1. The first-order chi connectivity index (χ1) is 12.6. The van der Waals surface area contributed by atoms with Crippen LogP contribution in [0.5, 0.6) is 0 Å². The lowest BCUT2D eigenvalue weighted by atomic mass is 10.1. The highest BCUT2D eigenvalue weighted by Gasteiger charge is 2.03. The second-order valence-corrected chi connectivity index (χ2v) is 7.56. The van der Waals surface area contributed by atoms with Crippen LogP contribution < -0.4 is 0 Å². The fourth-order valence-electron chi connectivity index (χ4n) is 2.20. The first kappa shape index (κ1) is 19.1. The molecule has 3 aromatic rings. The van der Waals surface area contributed by atoms with Crippen LogP contribution in [-0.2, 0) is 0 Å². The maximum atomic E-state index is 6.22. The fraction of sp³-hybridized carbons (Fsp3) is 0. The first-order valence-electron chi connectivity index (χ1n) is 7.80. The van der Waals surface area contributed by atoms with Gasteiger partial charge in [0.2, 0.25) is 0 Å². The Morgan fingerprint density at radius 3 is 2.19 bits per heavy atom. The molecule has 0 saturated carbocycles. The molecule has 0 amide bonds. The van der Waals surface area contributed by atoms with Crippen molar-refractivity contribution >= 4 is 58.0 Å². The molecule has 1 nitrogen and oxygen atoms in total. The summed E-state index contributed by atoms with van der Waals surface area (Å²) < 4.78 is 0. The number of rotatable bonds is 5. The van der Waals surface area contributed by atoms with Gasteiger partial charge in [-0.15, -0.1) is 0 Å². The van der Waals surface area contributed by atoms with Gasteiger partial charge in [-0.25, -0.2) is 4.99 Å². The maximum absolute atomic E-state index is 6.22. The molecule has 130 valence electrons. The molecule has 0 N–H and O–H groups in total. The van der Waals surface area contributed by atoms with Gasteiger partial charge in [-0.3, -0.25) is 0 Å². The molecule has 0 aliphatic carbocycles. The molecule has 0 aliphatic rings. The van der Waals surface area contributed by atoms with Crippen LogP contribution in [0.3, 0.4) is 0 Å². The second-order valence-electron chi connectivity index (χ2n) is 5.33. The highest BCUT2D eigenvalue weighted by atomic mass is 35.5. The number of hydrogen-bond donors (Lipinski definition) is 0. The minimum Gasteiger partial charge on any atom is -0.248 e. The van der Waals surface area contributed by atoms with Crippen molar-refractivity contribution in [3.05, 3.63) is 105 Å². The molecule has 0 fully saturated rings. The van der Waals surface area contributed by atoms with Gasteiger partial charge >= 0.3 is 0 Å². The molecule has 0 bridgehead atoms. The lowest BCUT2D eigenvalue weighted by molar-refractivity contribution is 1.47. The van der Waals surface area contributed by atoms with Crippen molar-refractivity contribution in [2.45, 2.75) is 4.90 Å². The molecule has 26 heavy (non-hydrogen) atoms. The van der Waals surface area contributed by atoms with Gasteiger partial charge in [-0.2, -0.15) is 0 Å². The van der Waals surface area contributed by atoms with E-state index in [1.807, 2.05) is 78.2 Å². The van der Waals surface area contributed by atoms with Crippen molar-refractivity contribution in [1.82, 2.24) is 0 Å². The number of hydrogen-bond acceptors (Lipinski definition) is 2. The summed E-state index contributed by atoms with van der Waals surface area (Å²) in [5, 5.41) is 3.90. The number of aliphatic imine (C=N–C) groups is 1. The Labute approximate surface area is 172 Å². The zero-order chi connectivity index (χ0) is 18.4. The van der Waals surface area contributed by atoms with Crippen molar-refractivity contribution in [2.75, 3.05) is 0 Å². The Hall–Kier alpha value is -1.71. The molecule has 5 heteroatoms. The summed E-state index contributed by atoms with van der Waals surface area (Å²) in [4.78, 5) is 5.68. The molecule has 0 heterocycles. The van der Waals surface area contributed by atoms with Gasteiger partial charge in [0.15, 0.2) is 0 Å². The lowest BCUT2D eigenvalue weighted by Gasteiger charge is -2.04. The summed E-state index contributed by atoms with van der Waals surface area (Å²) in [5.41, 5.74) is 2.71. The van der Waals surface area contributed by atoms with E-state index in [4.69, 9.17) is 39.8 Å². The van der Waals surface area contributed by atoms with E-state index in [1.165, 1.54) is 11.8 Å². The zero-order valence-electron chi connectivity index (χ0n) is 13.6. The van der Waals surface area contributed by atoms with Crippen molar-refractivity contribution < 1.29 is 0 Å². The third kappa shape index (κ3) is 5.39. The molecular weight excluding hydrogens is 405 g/mol. The van der Waals surface area contributed by atoms with E-state index < -0.39 is 0 Å². The SMILES string of the molecule is Clc1ccc(C(/C=C/Sc2ccc(Cl)cc2Cl)=Nc2ccccc2)cc1. The van der Waals surface area contributed by atoms with Crippen LogP contribution in [0.2, 0.25) is 15.1 Å². The van der Waals surface area contributed by atoms with Gasteiger partial charge in [-0.05, 0) is 53.9 Å². The van der Waals surface area contributed by atoms with Gasteiger partial charge in [0.1, 0.15) is 0 Å². The maximum Gasteiger partial charge on any atom is 0.0714 e. The fourth-order valence-corrected chi connectivity index (χ4v) is 3.53. The summed E-state index contributed by atoms with van der Waals surface area (Å²) in [7, 11) is 0. The topological polar surface area (TPSA) is 12.4 Å². The number of thioether (sulfide) groups is 1. The van der Waals surface area contributed by atoms with E-state index in [0.29, 0.717) is 15.1 Å². The predicted molar refractivity (Wildman–Crippen MR) is 116 cm³/mol. The average Bonchev–Trinajstić information content (AvgIpc) is 2.64. The summed E-state index contributed by atoms with van der Waals surface area (Å²) in [6.07, 6.45) is 1.96. The van der Waals surface area contributed by atoms with Gasteiger partial charge in [0.05, 0.1) is 16.4 Å². The number of halogens is 3. The van der Waals surface area contributed by atoms with Crippen LogP contribution in [0.1, 0.15) is 5.56 Å². The lowest BCUT2D eigenvalue weighted by Crippen LogP contribution is -1.95. The predicted octanol–water partition coefficient (Wildman–Crippen LogP) is 8.07. The third-order valence-electron chi connectivity index (χ3n) is 3.46. The smallest absolute Gasteiger partial charge is 0.0714 e. The molecular formula is C21H14Cl3NS. The Bertz CT molecular complexity index is 935. The molecule has 0 aromatic heterocycles. The van der Waals surface area contributed by atoms with E-state index in [1.54, 1.807) is 6.07 Å². The Balaban J connectivity index is 1.88. The molecule has 3 aromatic carbocycles. The van der Waals surface area contributed by atoms with Gasteiger partial charge < -0.3 is 0 Å². The minimum atomic E-state index is 0.621. The molecule has 0 aliphatic heterocycles. The van der Waals surface area contributed by atoms with Crippen molar-refractivity contribution in [3.63, 3.8) is 0 Å².